The van der Waals surface area contributed by atoms with Crippen LogP contribution in [-0.4, -0.2) is 27.7 Å². The maximum Gasteiger partial charge on any atom is 0.252 e. The second-order valence-corrected chi connectivity index (χ2v) is 5.98. The van der Waals surface area contributed by atoms with Crippen molar-refractivity contribution in [2.75, 3.05) is 6.54 Å². The van der Waals surface area contributed by atoms with Crippen molar-refractivity contribution >= 4 is 5.91 Å². The molecular weight excluding hydrogens is 256 g/mol. The number of aromatic nitrogens is 1. The molecule has 1 atom stereocenters. The Labute approximate surface area is 119 Å². The largest absolute Gasteiger partial charge is 0.388 e. The van der Waals surface area contributed by atoms with E-state index in [2.05, 4.69) is 19.2 Å². The van der Waals surface area contributed by atoms with E-state index in [1.165, 1.54) is 22.9 Å². The molecule has 0 aliphatic heterocycles. The van der Waals surface area contributed by atoms with Gasteiger partial charge in [-0.25, -0.2) is 0 Å². The van der Waals surface area contributed by atoms with Gasteiger partial charge >= 0.3 is 0 Å². The van der Waals surface area contributed by atoms with Gasteiger partial charge in [-0.05, 0) is 31.7 Å². The number of nitrogens with zero attached hydrogens (tertiary/aromatic N) is 1. The van der Waals surface area contributed by atoms with E-state index in [1.807, 2.05) is 0 Å². The van der Waals surface area contributed by atoms with E-state index in [-0.39, 0.29) is 18.0 Å². The summed E-state index contributed by atoms with van der Waals surface area (Å²) >= 11 is 0. The van der Waals surface area contributed by atoms with E-state index in [0.717, 1.165) is 6.42 Å². The van der Waals surface area contributed by atoms with Crippen molar-refractivity contribution in [1.82, 2.24) is 9.88 Å². The van der Waals surface area contributed by atoms with Crippen LogP contribution in [0.1, 0.15) is 44.0 Å². The van der Waals surface area contributed by atoms with Gasteiger partial charge in [0.2, 0.25) is 5.56 Å². The standard InChI is InChI=1S/C15H24N2O3/c1-11(2)7-8-15(3,20)10-16-14(19)12-5-6-13(18)17(4)9-12/h5-6,9,11,20H,7-8,10H2,1-4H3,(H,16,19). The Morgan fingerprint density at radius 3 is 2.65 bits per heavy atom. The number of hydrogen-bond donors (Lipinski definition) is 2. The van der Waals surface area contributed by atoms with Crippen LogP contribution < -0.4 is 10.9 Å². The molecule has 0 fully saturated rings. The Morgan fingerprint density at radius 2 is 2.10 bits per heavy atom. The van der Waals surface area contributed by atoms with Crippen molar-refractivity contribution in [2.45, 2.75) is 39.2 Å². The molecule has 5 nitrogen and oxygen atoms in total. The molecule has 1 amide bonds. The predicted molar refractivity (Wildman–Crippen MR) is 78.7 cm³/mol. The Bertz CT molecular complexity index is 518. The molecule has 0 aliphatic rings. The van der Waals surface area contributed by atoms with Crippen molar-refractivity contribution in [2.24, 2.45) is 13.0 Å². The van der Waals surface area contributed by atoms with Gasteiger partial charge in [-0.15, -0.1) is 0 Å². The SMILES string of the molecule is CC(C)CCC(C)(O)CNC(=O)c1ccc(=O)n(C)c1. The number of nitrogens with one attached hydrogen (secondary N) is 1. The third-order valence-electron chi connectivity index (χ3n) is 3.24. The fraction of sp³-hybridized carbons (Fsp3) is 0.600. The molecule has 0 radical (unpaired) electrons. The lowest BCUT2D eigenvalue weighted by atomic mass is 9.95. The number of hydrogen-bond acceptors (Lipinski definition) is 3. The Kier molecular flexibility index (Phi) is 5.51. The quantitative estimate of drug-likeness (QED) is 0.825. The maximum atomic E-state index is 12.0. The minimum absolute atomic E-state index is 0.162. The summed E-state index contributed by atoms with van der Waals surface area (Å²) < 4.78 is 1.35. The summed E-state index contributed by atoms with van der Waals surface area (Å²) in [6.07, 6.45) is 3.03. The molecule has 0 bridgehead atoms. The van der Waals surface area contributed by atoms with Crippen LogP contribution in [-0.2, 0) is 7.05 Å². The highest BCUT2D eigenvalue weighted by Crippen LogP contribution is 2.15. The zero-order valence-electron chi connectivity index (χ0n) is 12.6. The minimum atomic E-state index is -0.916. The molecule has 1 unspecified atom stereocenters. The third kappa shape index (κ3) is 5.17. The lowest BCUT2D eigenvalue weighted by Gasteiger charge is -2.24. The summed E-state index contributed by atoms with van der Waals surface area (Å²) in [6, 6.07) is 2.84. The van der Waals surface area contributed by atoms with Crippen LogP contribution in [0.2, 0.25) is 0 Å². The number of pyridine rings is 1. The maximum absolute atomic E-state index is 12.0. The molecule has 0 saturated heterocycles. The van der Waals surface area contributed by atoms with E-state index >= 15 is 0 Å². The molecule has 2 N–H and O–H groups in total. The highest BCUT2D eigenvalue weighted by molar-refractivity contribution is 5.93. The lowest BCUT2D eigenvalue weighted by molar-refractivity contribution is 0.0429. The van der Waals surface area contributed by atoms with Crippen molar-refractivity contribution < 1.29 is 9.90 Å². The molecule has 20 heavy (non-hydrogen) atoms. The molecule has 0 aliphatic carbocycles. The molecule has 5 heteroatoms. The monoisotopic (exact) mass is 280 g/mol. The zero-order valence-corrected chi connectivity index (χ0v) is 12.6. The van der Waals surface area contributed by atoms with Crippen LogP contribution in [0.4, 0.5) is 0 Å². The first-order chi connectivity index (χ1) is 9.21. The predicted octanol–water partition coefficient (Wildman–Crippen LogP) is 1.30. The normalized spacial score (nSPS) is 14.1. The van der Waals surface area contributed by atoms with E-state index in [4.69, 9.17) is 0 Å². The second kappa shape index (κ2) is 6.70. The smallest absolute Gasteiger partial charge is 0.252 e. The number of carbonyl (C=O) groups is 1. The van der Waals surface area contributed by atoms with Gasteiger partial charge in [-0.2, -0.15) is 0 Å². The third-order valence-corrected chi connectivity index (χ3v) is 3.24. The average molecular weight is 280 g/mol. The van der Waals surface area contributed by atoms with Crippen molar-refractivity contribution in [3.63, 3.8) is 0 Å². The van der Waals surface area contributed by atoms with Crippen molar-refractivity contribution in [3.8, 4) is 0 Å². The van der Waals surface area contributed by atoms with Crippen LogP contribution >= 0.6 is 0 Å². The van der Waals surface area contributed by atoms with Gasteiger partial charge in [-0.1, -0.05) is 13.8 Å². The summed E-state index contributed by atoms with van der Waals surface area (Å²) in [6.45, 7) is 6.11. The highest BCUT2D eigenvalue weighted by Gasteiger charge is 2.21. The second-order valence-electron chi connectivity index (χ2n) is 5.98. The zero-order chi connectivity index (χ0) is 15.3. The van der Waals surface area contributed by atoms with Crippen molar-refractivity contribution in [3.05, 3.63) is 34.2 Å². The number of rotatable bonds is 6. The summed E-state index contributed by atoms with van der Waals surface area (Å²) in [7, 11) is 1.60. The summed E-state index contributed by atoms with van der Waals surface area (Å²) in [5.41, 5.74) is -0.669. The fourth-order valence-corrected chi connectivity index (χ4v) is 1.79. The van der Waals surface area contributed by atoms with Gasteiger partial charge in [0.15, 0.2) is 0 Å². The molecule has 1 rings (SSSR count). The Hall–Kier alpha value is -1.62. The van der Waals surface area contributed by atoms with Gasteiger partial charge in [0.05, 0.1) is 11.2 Å². The average Bonchev–Trinajstić information content (AvgIpc) is 2.37. The van der Waals surface area contributed by atoms with E-state index in [0.29, 0.717) is 17.9 Å². The van der Waals surface area contributed by atoms with Crippen LogP contribution in [0.25, 0.3) is 0 Å². The lowest BCUT2D eigenvalue weighted by Crippen LogP contribution is -2.41. The first-order valence-electron chi connectivity index (χ1n) is 6.88. The number of amides is 1. The van der Waals surface area contributed by atoms with Crippen LogP contribution in [0.5, 0.6) is 0 Å². The van der Waals surface area contributed by atoms with Gasteiger partial charge < -0.3 is 15.0 Å². The molecule has 1 heterocycles. The molecule has 1 aromatic heterocycles. The van der Waals surface area contributed by atoms with Gasteiger partial charge in [-0.3, -0.25) is 9.59 Å². The fourth-order valence-electron chi connectivity index (χ4n) is 1.79. The molecule has 112 valence electrons. The van der Waals surface area contributed by atoms with E-state index < -0.39 is 5.60 Å². The molecule has 1 aromatic rings. The van der Waals surface area contributed by atoms with Crippen LogP contribution in [0, 0.1) is 5.92 Å². The Balaban J connectivity index is 2.58. The van der Waals surface area contributed by atoms with Crippen LogP contribution in [0.15, 0.2) is 23.1 Å². The number of aryl methyl sites for hydroxylation is 1. The molecule has 0 saturated carbocycles. The summed E-state index contributed by atoms with van der Waals surface area (Å²) in [5, 5.41) is 12.9. The minimum Gasteiger partial charge on any atom is -0.388 e. The summed E-state index contributed by atoms with van der Waals surface area (Å²) in [4.78, 5) is 23.2. The van der Waals surface area contributed by atoms with Gasteiger partial charge in [0.1, 0.15) is 0 Å². The van der Waals surface area contributed by atoms with E-state index in [9.17, 15) is 14.7 Å². The highest BCUT2D eigenvalue weighted by atomic mass is 16.3. The van der Waals surface area contributed by atoms with Gasteiger partial charge in [0.25, 0.3) is 5.91 Å². The molecule has 0 aromatic carbocycles. The summed E-state index contributed by atoms with van der Waals surface area (Å²) in [5.74, 6) is 0.228. The first kappa shape index (κ1) is 16.4. The molecule has 0 spiro atoms. The van der Waals surface area contributed by atoms with Crippen LogP contribution in [0.3, 0.4) is 0 Å². The molecular formula is C15H24N2O3. The first-order valence-corrected chi connectivity index (χ1v) is 6.88. The Morgan fingerprint density at radius 1 is 1.45 bits per heavy atom. The number of aliphatic hydroxyl groups is 1. The van der Waals surface area contributed by atoms with Gasteiger partial charge in [0, 0.05) is 25.9 Å². The number of carbonyl (C=O) groups excluding carboxylic acids is 1. The van der Waals surface area contributed by atoms with E-state index in [1.54, 1.807) is 14.0 Å². The van der Waals surface area contributed by atoms with Crippen molar-refractivity contribution in [1.29, 1.82) is 0 Å². The topological polar surface area (TPSA) is 71.3 Å².